The van der Waals surface area contributed by atoms with Crippen molar-refractivity contribution < 1.29 is 14.3 Å². The first-order valence-electron chi connectivity index (χ1n) is 9.78. The van der Waals surface area contributed by atoms with Gasteiger partial charge < -0.3 is 10.1 Å². The van der Waals surface area contributed by atoms with Crippen molar-refractivity contribution in [2.24, 2.45) is 0 Å². The minimum Gasteiger partial charge on any atom is -0.494 e. The fourth-order valence-electron chi connectivity index (χ4n) is 3.14. The molecular formula is C24H18Cl2N2O3S. The molecule has 0 bridgehead atoms. The number of carbonyl (C=O) groups is 2. The first-order valence-corrected chi connectivity index (χ1v) is 11.4. The van der Waals surface area contributed by atoms with Gasteiger partial charge in [0.2, 0.25) is 0 Å². The second-order valence-corrected chi connectivity index (χ2v) is 8.72. The Hall–Kier alpha value is -2.93. The lowest BCUT2D eigenvalue weighted by Crippen LogP contribution is -2.32. The van der Waals surface area contributed by atoms with Crippen LogP contribution in [0.3, 0.4) is 0 Å². The van der Waals surface area contributed by atoms with Crippen LogP contribution in [0.2, 0.25) is 10.0 Å². The summed E-state index contributed by atoms with van der Waals surface area (Å²) in [7, 11) is 0. The molecule has 0 atom stereocenters. The van der Waals surface area contributed by atoms with Crippen LogP contribution in [0.5, 0.6) is 5.75 Å². The van der Waals surface area contributed by atoms with Gasteiger partial charge in [-0.3, -0.25) is 9.59 Å². The highest BCUT2D eigenvalue weighted by molar-refractivity contribution is 8.04. The van der Waals surface area contributed by atoms with Crippen molar-refractivity contribution in [2.75, 3.05) is 16.8 Å². The molecule has 1 aliphatic rings. The van der Waals surface area contributed by atoms with E-state index >= 15 is 0 Å². The van der Waals surface area contributed by atoms with Gasteiger partial charge in [0, 0.05) is 20.6 Å². The molecule has 3 aromatic carbocycles. The number of carbonyl (C=O) groups excluding carboxylic acids is 2. The van der Waals surface area contributed by atoms with Gasteiger partial charge in [0.25, 0.3) is 11.8 Å². The molecule has 0 saturated carbocycles. The zero-order valence-corrected chi connectivity index (χ0v) is 19.3. The van der Waals surface area contributed by atoms with Crippen LogP contribution < -0.4 is 15.0 Å². The van der Waals surface area contributed by atoms with Gasteiger partial charge in [-0.1, -0.05) is 41.0 Å². The number of imide groups is 1. The van der Waals surface area contributed by atoms with Gasteiger partial charge in [0.05, 0.1) is 12.3 Å². The van der Waals surface area contributed by atoms with Gasteiger partial charge in [0.1, 0.15) is 16.4 Å². The summed E-state index contributed by atoms with van der Waals surface area (Å²) in [6.07, 6.45) is 0. The van der Waals surface area contributed by atoms with E-state index in [0.29, 0.717) is 33.8 Å². The summed E-state index contributed by atoms with van der Waals surface area (Å²) >= 11 is 13.3. The number of hydrogen-bond donors (Lipinski definition) is 1. The first kappa shape index (κ1) is 22.3. The van der Waals surface area contributed by atoms with E-state index in [9.17, 15) is 9.59 Å². The van der Waals surface area contributed by atoms with Crippen molar-refractivity contribution >= 4 is 58.2 Å². The van der Waals surface area contributed by atoms with Crippen LogP contribution >= 0.6 is 35.0 Å². The van der Waals surface area contributed by atoms with Crippen molar-refractivity contribution in [3.8, 4) is 5.75 Å². The van der Waals surface area contributed by atoms with Gasteiger partial charge in [-0.05, 0) is 73.7 Å². The van der Waals surface area contributed by atoms with Crippen LogP contribution in [0.15, 0.2) is 88.3 Å². The molecule has 3 aromatic rings. The van der Waals surface area contributed by atoms with Crippen LogP contribution in [0, 0.1) is 0 Å². The molecule has 0 saturated heterocycles. The average Bonchev–Trinajstić information content (AvgIpc) is 3.00. The van der Waals surface area contributed by atoms with E-state index in [1.807, 2.05) is 6.92 Å². The summed E-state index contributed by atoms with van der Waals surface area (Å²) in [5.74, 6) is -0.199. The first-order chi connectivity index (χ1) is 15.5. The third kappa shape index (κ3) is 4.78. The second-order valence-electron chi connectivity index (χ2n) is 6.77. The number of amides is 2. The highest BCUT2D eigenvalue weighted by atomic mass is 35.5. The Morgan fingerprint density at radius 1 is 0.906 bits per heavy atom. The molecule has 0 aliphatic carbocycles. The smallest absolute Gasteiger partial charge is 0.283 e. The number of hydrogen-bond acceptors (Lipinski definition) is 5. The van der Waals surface area contributed by atoms with Gasteiger partial charge in [0.15, 0.2) is 0 Å². The van der Waals surface area contributed by atoms with Crippen molar-refractivity contribution in [2.45, 2.75) is 11.8 Å². The lowest BCUT2D eigenvalue weighted by atomic mass is 10.2. The Balaban J connectivity index is 1.70. The van der Waals surface area contributed by atoms with Crippen LogP contribution in [-0.2, 0) is 9.59 Å². The number of benzene rings is 3. The van der Waals surface area contributed by atoms with Crippen LogP contribution in [0.25, 0.3) is 0 Å². The molecule has 1 aliphatic heterocycles. The Labute approximate surface area is 200 Å². The molecule has 0 aromatic heterocycles. The Bertz CT molecular complexity index is 1190. The minimum atomic E-state index is -0.449. The molecular weight excluding hydrogens is 467 g/mol. The topological polar surface area (TPSA) is 58.6 Å². The fourth-order valence-corrected chi connectivity index (χ4v) is 4.38. The predicted octanol–water partition coefficient (Wildman–Crippen LogP) is 6.38. The number of ether oxygens (including phenoxy) is 1. The summed E-state index contributed by atoms with van der Waals surface area (Å²) in [6.45, 7) is 2.41. The van der Waals surface area contributed by atoms with Crippen molar-refractivity contribution in [3.05, 3.63) is 93.4 Å². The lowest BCUT2D eigenvalue weighted by molar-refractivity contribution is -0.120. The standard InChI is InChI=1S/C24H18Cl2N2O3S/c1-2-31-19-10-8-18(9-11-19)28-23(29)21(27-17-5-3-4-16(26)14-17)22(24(28)30)32-20-12-6-15(25)7-13-20/h3-14,27H,2H2,1H3. The van der Waals surface area contributed by atoms with Crippen LogP contribution in [0.4, 0.5) is 11.4 Å². The van der Waals surface area contributed by atoms with E-state index in [1.165, 1.54) is 11.8 Å². The molecule has 162 valence electrons. The number of halogens is 2. The molecule has 5 nitrogen and oxygen atoms in total. The SMILES string of the molecule is CCOc1ccc(N2C(=O)C(Nc3cccc(Cl)c3)=C(Sc3ccc(Cl)cc3)C2=O)cc1. The highest BCUT2D eigenvalue weighted by Gasteiger charge is 2.40. The fraction of sp³-hybridized carbons (Fsp3) is 0.0833. The molecule has 1 N–H and O–H groups in total. The lowest BCUT2D eigenvalue weighted by Gasteiger charge is -2.16. The number of nitrogens with one attached hydrogen (secondary N) is 1. The van der Waals surface area contributed by atoms with Crippen LogP contribution in [-0.4, -0.2) is 18.4 Å². The highest BCUT2D eigenvalue weighted by Crippen LogP contribution is 2.38. The van der Waals surface area contributed by atoms with Crippen LogP contribution in [0.1, 0.15) is 6.92 Å². The van der Waals surface area contributed by atoms with E-state index < -0.39 is 11.8 Å². The Morgan fingerprint density at radius 3 is 2.28 bits per heavy atom. The molecule has 1 heterocycles. The maximum atomic E-state index is 13.4. The quantitative estimate of drug-likeness (QED) is 0.394. The van der Waals surface area contributed by atoms with Gasteiger partial charge in [-0.25, -0.2) is 4.90 Å². The largest absolute Gasteiger partial charge is 0.494 e. The summed E-state index contributed by atoms with van der Waals surface area (Å²) in [6, 6.07) is 20.9. The molecule has 2 amide bonds. The summed E-state index contributed by atoms with van der Waals surface area (Å²) < 4.78 is 5.46. The van der Waals surface area contributed by atoms with Crippen molar-refractivity contribution in [1.82, 2.24) is 0 Å². The third-order valence-electron chi connectivity index (χ3n) is 4.57. The minimum absolute atomic E-state index is 0.186. The summed E-state index contributed by atoms with van der Waals surface area (Å²) in [4.78, 5) is 28.9. The number of rotatable bonds is 7. The van der Waals surface area contributed by atoms with E-state index in [2.05, 4.69) is 5.32 Å². The molecule has 8 heteroatoms. The number of anilines is 2. The Kier molecular flexibility index (Phi) is 6.74. The van der Waals surface area contributed by atoms with E-state index in [1.54, 1.807) is 72.8 Å². The Morgan fingerprint density at radius 2 is 1.62 bits per heavy atom. The van der Waals surface area contributed by atoms with E-state index in [0.717, 1.165) is 9.80 Å². The van der Waals surface area contributed by atoms with E-state index in [4.69, 9.17) is 27.9 Å². The maximum absolute atomic E-state index is 13.4. The average molecular weight is 485 g/mol. The molecule has 0 spiro atoms. The predicted molar refractivity (Wildman–Crippen MR) is 130 cm³/mol. The van der Waals surface area contributed by atoms with Gasteiger partial charge in [-0.15, -0.1) is 0 Å². The normalized spacial score (nSPS) is 13.7. The van der Waals surface area contributed by atoms with Crippen molar-refractivity contribution in [1.29, 1.82) is 0 Å². The summed E-state index contributed by atoms with van der Waals surface area (Å²) in [5, 5.41) is 4.19. The molecule has 0 fully saturated rings. The molecule has 4 rings (SSSR count). The molecule has 32 heavy (non-hydrogen) atoms. The number of thioether (sulfide) groups is 1. The van der Waals surface area contributed by atoms with Crippen molar-refractivity contribution in [3.63, 3.8) is 0 Å². The van der Waals surface area contributed by atoms with Gasteiger partial charge in [-0.2, -0.15) is 0 Å². The zero-order valence-electron chi connectivity index (χ0n) is 17.0. The summed E-state index contributed by atoms with van der Waals surface area (Å²) in [5.41, 5.74) is 1.25. The monoisotopic (exact) mass is 484 g/mol. The maximum Gasteiger partial charge on any atom is 0.283 e. The molecule has 0 unspecified atom stereocenters. The van der Waals surface area contributed by atoms with E-state index in [-0.39, 0.29) is 10.6 Å². The zero-order chi connectivity index (χ0) is 22.7. The number of nitrogens with zero attached hydrogens (tertiary/aromatic N) is 1. The third-order valence-corrected chi connectivity index (χ3v) is 6.15. The molecule has 0 radical (unpaired) electrons. The second kappa shape index (κ2) is 9.69. The van der Waals surface area contributed by atoms with Gasteiger partial charge >= 0.3 is 0 Å².